The van der Waals surface area contributed by atoms with Crippen LogP contribution in [0.3, 0.4) is 0 Å². The first-order valence-corrected chi connectivity index (χ1v) is 10.7. The highest BCUT2D eigenvalue weighted by atomic mass is 32.1. The van der Waals surface area contributed by atoms with Gasteiger partial charge in [-0.25, -0.2) is 4.90 Å². The molecule has 0 bridgehead atoms. The van der Waals surface area contributed by atoms with Crippen molar-refractivity contribution in [3.8, 4) is 17.2 Å². The molecular weight excluding hydrogens is 428 g/mol. The summed E-state index contributed by atoms with van der Waals surface area (Å²) in [5.41, 5.74) is 2.58. The number of rotatable bonds is 7. The van der Waals surface area contributed by atoms with Crippen molar-refractivity contribution in [2.24, 2.45) is 0 Å². The Bertz CT molecular complexity index is 1170. The molecule has 8 heteroatoms. The van der Waals surface area contributed by atoms with E-state index in [4.69, 9.17) is 14.2 Å². The maximum Gasteiger partial charge on any atom is 0.282 e. The molecule has 4 rings (SSSR count). The molecule has 2 aromatic carbocycles. The van der Waals surface area contributed by atoms with Crippen molar-refractivity contribution < 1.29 is 23.8 Å². The van der Waals surface area contributed by atoms with Crippen LogP contribution in [0.4, 0.5) is 11.4 Å². The van der Waals surface area contributed by atoms with Crippen LogP contribution in [0.5, 0.6) is 17.2 Å². The molecule has 2 heterocycles. The number of carbonyl (C=O) groups excluding carboxylic acids is 2. The summed E-state index contributed by atoms with van der Waals surface area (Å²) in [7, 11) is 4.55. The predicted molar refractivity (Wildman–Crippen MR) is 125 cm³/mol. The number of nitrogens with one attached hydrogen (secondary N) is 1. The van der Waals surface area contributed by atoms with Crippen LogP contribution in [0.15, 0.2) is 59.6 Å². The van der Waals surface area contributed by atoms with E-state index < -0.39 is 5.91 Å². The summed E-state index contributed by atoms with van der Waals surface area (Å²) in [4.78, 5) is 28.7. The molecule has 2 amide bonds. The number of anilines is 2. The van der Waals surface area contributed by atoms with Crippen molar-refractivity contribution in [1.82, 2.24) is 0 Å². The number of hydrogen-bond acceptors (Lipinski definition) is 7. The minimum atomic E-state index is -0.434. The molecule has 1 N–H and O–H groups in total. The molecule has 1 aliphatic rings. The number of imide groups is 1. The van der Waals surface area contributed by atoms with Gasteiger partial charge < -0.3 is 19.5 Å². The first kappa shape index (κ1) is 21.5. The van der Waals surface area contributed by atoms with E-state index in [9.17, 15) is 9.59 Å². The normalized spacial score (nSPS) is 13.6. The van der Waals surface area contributed by atoms with Gasteiger partial charge in [0.15, 0.2) is 11.5 Å². The van der Waals surface area contributed by atoms with Gasteiger partial charge in [-0.05, 0) is 30.5 Å². The Kier molecular flexibility index (Phi) is 5.87. The van der Waals surface area contributed by atoms with Crippen LogP contribution < -0.4 is 24.4 Å². The lowest BCUT2D eigenvalue weighted by atomic mass is 10.1. The maximum atomic E-state index is 13.4. The van der Waals surface area contributed by atoms with E-state index in [2.05, 4.69) is 5.32 Å². The number of hydrogen-bond donors (Lipinski definition) is 1. The third-order valence-corrected chi connectivity index (χ3v) is 5.97. The molecule has 0 saturated carbocycles. The van der Waals surface area contributed by atoms with E-state index in [1.165, 1.54) is 37.6 Å². The van der Waals surface area contributed by atoms with Gasteiger partial charge in [-0.15, -0.1) is 11.3 Å². The third kappa shape index (κ3) is 3.69. The minimum Gasteiger partial charge on any atom is -0.493 e. The number of benzene rings is 2. The molecule has 0 fully saturated rings. The van der Waals surface area contributed by atoms with Crippen molar-refractivity contribution in [3.63, 3.8) is 0 Å². The van der Waals surface area contributed by atoms with E-state index in [0.29, 0.717) is 39.1 Å². The Hall–Kier alpha value is -3.78. The number of ether oxygens (including phenoxy) is 3. The van der Waals surface area contributed by atoms with E-state index >= 15 is 0 Å². The summed E-state index contributed by atoms with van der Waals surface area (Å²) >= 11 is 1.39. The van der Waals surface area contributed by atoms with Gasteiger partial charge in [0.2, 0.25) is 5.75 Å². The zero-order valence-electron chi connectivity index (χ0n) is 18.1. The molecule has 0 spiro atoms. The van der Waals surface area contributed by atoms with E-state index in [-0.39, 0.29) is 11.6 Å². The summed E-state index contributed by atoms with van der Waals surface area (Å²) in [6.45, 7) is 1.95. The molecule has 0 saturated heterocycles. The first-order chi connectivity index (χ1) is 15.5. The van der Waals surface area contributed by atoms with Crippen LogP contribution in [0.25, 0.3) is 5.57 Å². The monoisotopic (exact) mass is 450 g/mol. The molecule has 7 nitrogen and oxygen atoms in total. The van der Waals surface area contributed by atoms with Gasteiger partial charge in [-0.1, -0.05) is 23.8 Å². The van der Waals surface area contributed by atoms with Crippen molar-refractivity contribution in [3.05, 3.63) is 70.0 Å². The quantitative estimate of drug-likeness (QED) is 0.535. The van der Waals surface area contributed by atoms with Crippen molar-refractivity contribution in [1.29, 1.82) is 0 Å². The molecule has 164 valence electrons. The van der Waals surface area contributed by atoms with E-state index in [1.807, 2.05) is 36.6 Å². The molecule has 1 aromatic heterocycles. The van der Waals surface area contributed by atoms with E-state index in [0.717, 1.165) is 5.56 Å². The second-order valence-corrected chi connectivity index (χ2v) is 8.00. The van der Waals surface area contributed by atoms with Crippen molar-refractivity contribution in [2.75, 3.05) is 31.5 Å². The highest BCUT2D eigenvalue weighted by Gasteiger charge is 2.40. The fraction of sp³-hybridized carbons (Fsp3) is 0.167. The summed E-state index contributed by atoms with van der Waals surface area (Å²) in [6, 6.07) is 14.3. The van der Waals surface area contributed by atoms with Crippen molar-refractivity contribution in [2.45, 2.75) is 6.92 Å². The van der Waals surface area contributed by atoms with Crippen LogP contribution in [0.1, 0.15) is 10.4 Å². The standard InChI is InChI=1S/C24H22N2O5S/c1-14-7-9-16(10-8-14)26-23(27)20(19-6-5-11-32-19)21(24(26)28)25-15-12-17(29-2)22(31-4)18(13-15)30-3/h5-13,25H,1-4H3. The number of nitrogens with zero attached hydrogens (tertiary/aromatic N) is 1. The fourth-order valence-corrected chi connectivity index (χ4v) is 4.29. The average molecular weight is 451 g/mol. The minimum absolute atomic E-state index is 0.187. The number of methoxy groups -OCH3 is 3. The topological polar surface area (TPSA) is 77.1 Å². The van der Waals surface area contributed by atoms with Gasteiger partial charge in [0.25, 0.3) is 11.8 Å². The Balaban J connectivity index is 1.80. The summed E-state index contributed by atoms with van der Waals surface area (Å²) in [5.74, 6) is 0.481. The molecular formula is C24H22N2O5S. The molecule has 3 aromatic rings. The van der Waals surface area contributed by atoms with Crippen LogP contribution in [-0.2, 0) is 9.59 Å². The predicted octanol–water partition coefficient (Wildman–Crippen LogP) is 4.48. The molecule has 0 unspecified atom stereocenters. The zero-order valence-corrected chi connectivity index (χ0v) is 18.9. The van der Waals surface area contributed by atoms with Crippen LogP contribution >= 0.6 is 11.3 Å². The zero-order chi connectivity index (χ0) is 22.8. The molecule has 0 radical (unpaired) electrons. The first-order valence-electron chi connectivity index (χ1n) is 9.79. The summed E-state index contributed by atoms with van der Waals surface area (Å²) in [6.07, 6.45) is 0. The second-order valence-electron chi connectivity index (χ2n) is 7.05. The lowest BCUT2D eigenvalue weighted by Gasteiger charge is -2.17. The Morgan fingerprint density at radius 3 is 2.06 bits per heavy atom. The van der Waals surface area contributed by atoms with Crippen LogP contribution in [0.2, 0.25) is 0 Å². The van der Waals surface area contributed by atoms with Crippen LogP contribution in [-0.4, -0.2) is 33.1 Å². The number of aryl methyl sites for hydroxylation is 1. The Labute approximate surface area is 189 Å². The Morgan fingerprint density at radius 2 is 1.53 bits per heavy atom. The van der Waals surface area contributed by atoms with Gasteiger partial charge in [-0.2, -0.15) is 0 Å². The highest BCUT2D eigenvalue weighted by molar-refractivity contribution is 7.11. The number of carbonyl (C=O) groups is 2. The number of thiophene rings is 1. The van der Waals surface area contributed by atoms with Gasteiger partial charge in [0, 0.05) is 22.7 Å². The highest BCUT2D eigenvalue weighted by Crippen LogP contribution is 2.42. The van der Waals surface area contributed by atoms with Gasteiger partial charge >= 0.3 is 0 Å². The number of amides is 2. The third-order valence-electron chi connectivity index (χ3n) is 5.08. The van der Waals surface area contributed by atoms with Gasteiger partial charge in [-0.3, -0.25) is 9.59 Å². The van der Waals surface area contributed by atoms with Gasteiger partial charge in [0.1, 0.15) is 5.70 Å². The van der Waals surface area contributed by atoms with E-state index in [1.54, 1.807) is 24.3 Å². The molecule has 0 atom stereocenters. The summed E-state index contributed by atoms with van der Waals surface area (Å²) in [5, 5.41) is 5.00. The SMILES string of the molecule is COc1cc(NC2=C(c3cccs3)C(=O)N(c3ccc(C)cc3)C2=O)cc(OC)c1OC. The van der Waals surface area contributed by atoms with Gasteiger partial charge in [0.05, 0.1) is 32.6 Å². The summed E-state index contributed by atoms with van der Waals surface area (Å²) < 4.78 is 16.2. The van der Waals surface area contributed by atoms with Crippen molar-refractivity contribution >= 4 is 40.1 Å². The molecule has 32 heavy (non-hydrogen) atoms. The lowest BCUT2D eigenvalue weighted by molar-refractivity contribution is -0.120. The lowest BCUT2D eigenvalue weighted by Crippen LogP contribution is -2.32. The molecule has 0 aliphatic carbocycles. The molecule has 1 aliphatic heterocycles. The maximum absolute atomic E-state index is 13.4. The smallest absolute Gasteiger partial charge is 0.282 e. The van der Waals surface area contributed by atoms with Crippen LogP contribution in [0, 0.1) is 6.92 Å². The second kappa shape index (κ2) is 8.76. The Morgan fingerprint density at radius 1 is 0.875 bits per heavy atom. The average Bonchev–Trinajstić information content (AvgIpc) is 3.40. The largest absolute Gasteiger partial charge is 0.493 e. The fourth-order valence-electron chi connectivity index (χ4n) is 3.52.